The molecule has 0 aromatic carbocycles. The number of halogens is 3. The second kappa shape index (κ2) is 5.26. The van der Waals surface area contributed by atoms with Crippen molar-refractivity contribution in [2.24, 2.45) is 11.3 Å². The molecule has 114 valence electrons. The lowest BCUT2D eigenvalue weighted by Gasteiger charge is -2.40. The normalized spacial score (nSPS) is 23.2. The highest BCUT2D eigenvalue weighted by Gasteiger charge is 2.47. The highest BCUT2D eigenvalue weighted by atomic mass is 19.4. The molecule has 1 aliphatic carbocycles. The number of carbonyl (C=O) groups excluding carboxylic acids is 1. The minimum Gasteiger partial charge on any atom is -0.481 e. The highest BCUT2D eigenvalue weighted by Crippen LogP contribution is 2.45. The predicted molar refractivity (Wildman–Crippen MR) is 63.9 cm³/mol. The predicted octanol–water partition coefficient (Wildman–Crippen LogP) is 2.43. The summed E-state index contributed by atoms with van der Waals surface area (Å²) in [5, 5.41) is 9.16. The smallest absolute Gasteiger partial charge is 0.391 e. The van der Waals surface area contributed by atoms with Crippen LogP contribution in [0.15, 0.2) is 0 Å². The van der Waals surface area contributed by atoms with Crippen LogP contribution in [0.25, 0.3) is 0 Å². The molecule has 1 saturated carbocycles. The van der Waals surface area contributed by atoms with Crippen molar-refractivity contribution in [3.05, 3.63) is 0 Å². The maximum absolute atomic E-state index is 12.5. The Hall–Kier alpha value is -1.27. The molecule has 0 radical (unpaired) electrons. The molecule has 2 fully saturated rings. The Morgan fingerprint density at radius 1 is 1.20 bits per heavy atom. The van der Waals surface area contributed by atoms with Crippen molar-refractivity contribution in [3.63, 3.8) is 0 Å². The molecular formula is C13H18F3NO3. The summed E-state index contributed by atoms with van der Waals surface area (Å²) in [7, 11) is 0. The molecule has 0 aromatic heterocycles. The molecule has 4 nitrogen and oxygen atoms in total. The summed E-state index contributed by atoms with van der Waals surface area (Å²) in [6.07, 6.45) is -2.72. The van der Waals surface area contributed by atoms with Gasteiger partial charge in [-0.3, -0.25) is 9.59 Å². The fourth-order valence-corrected chi connectivity index (χ4v) is 2.93. The average Bonchev–Trinajstić information content (AvgIpc) is 2.32. The molecule has 0 aromatic rings. The zero-order chi connectivity index (χ0) is 15.0. The summed E-state index contributed by atoms with van der Waals surface area (Å²) in [6.45, 7) is 0.136. The molecule has 2 aliphatic rings. The Bertz CT molecular complexity index is 396. The van der Waals surface area contributed by atoms with Gasteiger partial charge >= 0.3 is 12.1 Å². The number of piperidine rings is 1. The van der Waals surface area contributed by atoms with Gasteiger partial charge in [0.1, 0.15) is 0 Å². The van der Waals surface area contributed by atoms with Crippen molar-refractivity contribution in [2.45, 2.75) is 44.7 Å². The fourth-order valence-electron chi connectivity index (χ4n) is 2.93. The molecule has 1 aliphatic heterocycles. The average molecular weight is 293 g/mol. The largest absolute Gasteiger partial charge is 0.481 e. The minimum absolute atomic E-state index is 0.0682. The first-order chi connectivity index (χ1) is 9.24. The van der Waals surface area contributed by atoms with Crippen molar-refractivity contribution in [3.8, 4) is 0 Å². The highest BCUT2D eigenvalue weighted by molar-refractivity contribution is 5.85. The molecule has 1 saturated heterocycles. The van der Waals surface area contributed by atoms with Gasteiger partial charge in [-0.1, -0.05) is 6.42 Å². The van der Waals surface area contributed by atoms with Gasteiger partial charge in [-0.2, -0.15) is 13.2 Å². The van der Waals surface area contributed by atoms with Crippen LogP contribution in [-0.2, 0) is 9.59 Å². The van der Waals surface area contributed by atoms with E-state index in [4.69, 9.17) is 5.11 Å². The minimum atomic E-state index is -4.20. The van der Waals surface area contributed by atoms with Gasteiger partial charge in [0.05, 0.1) is 11.3 Å². The third-order valence-electron chi connectivity index (χ3n) is 4.56. The van der Waals surface area contributed by atoms with Crippen molar-refractivity contribution in [2.75, 3.05) is 13.1 Å². The van der Waals surface area contributed by atoms with Crippen LogP contribution in [0.4, 0.5) is 13.2 Å². The van der Waals surface area contributed by atoms with Crippen LogP contribution in [0, 0.1) is 11.3 Å². The van der Waals surface area contributed by atoms with Gasteiger partial charge < -0.3 is 10.0 Å². The topological polar surface area (TPSA) is 57.6 Å². The fraction of sp³-hybridized carbons (Fsp3) is 0.846. The van der Waals surface area contributed by atoms with E-state index in [1.54, 1.807) is 0 Å². The number of nitrogens with zero attached hydrogens (tertiary/aromatic N) is 1. The number of hydrogen-bond acceptors (Lipinski definition) is 2. The lowest BCUT2D eigenvalue weighted by atomic mass is 9.66. The van der Waals surface area contributed by atoms with Gasteiger partial charge in [-0.05, 0) is 25.7 Å². The third-order valence-corrected chi connectivity index (χ3v) is 4.56. The van der Waals surface area contributed by atoms with E-state index < -0.39 is 23.5 Å². The lowest BCUT2D eigenvalue weighted by Crippen LogP contribution is -2.47. The van der Waals surface area contributed by atoms with Gasteiger partial charge in [-0.15, -0.1) is 0 Å². The maximum atomic E-state index is 12.5. The van der Waals surface area contributed by atoms with E-state index in [1.165, 1.54) is 4.90 Å². The second-order valence-corrected chi connectivity index (χ2v) is 5.81. The van der Waals surface area contributed by atoms with Crippen molar-refractivity contribution >= 4 is 11.9 Å². The molecule has 7 heteroatoms. The zero-order valence-electron chi connectivity index (χ0n) is 11.1. The Morgan fingerprint density at radius 3 is 2.10 bits per heavy atom. The summed E-state index contributed by atoms with van der Waals surface area (Å²) >= 11 is 0. The van der Waals surface area contributed by atoms with E-state index in [0.717, 1.165) is 6.42 Å². The number of amides is 1. The molecule has 0 atom stereocenters. The van der Waals surface area contributed by atoms with E-state index in [1.807, 2.05) is 0 Å². The SMILES string of the molecule is O=C(CC1(C(=O)O)CCC1)N1CCC(C(F)(F)F)CC1. The van der Waals surface area contributed by atoms with Crippen molar-refractivity contribution in [1.82, 2.24) is 4.90 Å². The first kappa shape index (κ1) is 15.1. The molecule has 0 bridgehead atoms. The van der Waals surface area contributed by atoms with Crippen molar-refractivity contribution < 1.29 is 27.9 Å². The molecule has 0 unspecified atom stereocenters. The van der Waals surface area contributed by atoms with Crippen LogP contribution in [0.2, 0.25) is 0 Å². The Morgan fingerprint density at radius 2 is 1.75 bits per heavy atom. The Labute approximate surface area is 114 Å². The Balaban J connectivity index is 1.88. The monoisotopic (exact) mass is 293 g/mol. The quantitative estimate of drug-likeness (QED) is 0.869. The van der Waals surface area contributed by atoms with E-state index in [-0.39, 0.29) is 38.3 Å². The van der Waals surface area contributed by atoms with Crippen LogP contribution < -0.4 is 0 Å². The van der Waals surface area contributed by atoms with Gasteiger partial charge in [0.25, 0.3) is 0 Å². The van der Waals surface area contributed by atoms with Crippen LogP contribution in [0.5, 0.6) is 0 Å². The van der Waals surface area contributed by atoms with Gasteiger partial charge in [0.15, 0.2) is 0 Å². The maximum Gasteiger partial charge on any atom is 0.391 e. The van der Waals surface area contributed by atoms with Crippen LogP contribution in [0.3, 0.4) is 0 Å². The lowest BCUT2D eigenvalue weighted by molar-refractivity contribution is -0.187. The summed E-state index contributed by atoms with van der Waals surface area (Å²) in [4.78, 5) is 24.6. The molecule has 0 spiro atoms. The Kier molecular flexibility index (Phi) is 3.97. The summed E-state index contributed by atoms with van der Waals surface area (Å²) in [5.41, 5.74) is -0.974. The van der Waals surface area contributed by atoms with E-state index in [2.05, 4.69) is 0 Å². The molecule has 20 heavy (non-hydrogen) atoms. The number of rotatable bonds is 3. The summed E-state index contributed by atoms with van der Waals surface area (Å²) < 4.78 is 37.6. The number of hydrogen-bond donors (Lipinski definition) is 1. The van der Waals surface area contributed by atoms with Gasteiger partial charge in [0, 0.05) is 19.5 Å². The number of likely N-dealkylation sites (tertiary alicyclic amines) is 1. The van der Waals surface area contributed by atoms with Gasteiger partial charge in [0.2, 0.25) is 5.91 Å². The van der Waals surface area contributed by atoms with Crippen molar-refractivity contribution in [1.29, 1.82) is 0 Å². The third kappa shape index (κ3) is 2.91. The number of aliphatic carboxylic acids is 1. The van der Waals surface area contributed by atoms with Crippen LogP contribution >= 0.6 is 0 Å². The standard InChI is InChI=1S/C13H18F3NO3/c14-13(15,16)9-2-6-17(7-3-9)10(18)8-12(11(19)20)4-1-5-12/h9H,1-8H2,(H,19,20). The zero-order valence-corrected chi connectivity index (χ0v) is 11.1. The van der Waals surface area contributed by atoms with E-state index in [0.29, 0.717) is 12.8 Å². The first-order valence-electron chi connectivity index (χ1n) is 6.82. The number of alkyl halides is 3. The molecule has 1 amide bonds. The van der Waals surface area contributed by atoms with Gasteiger partial charge in [-0.25, -0.2) is 0 Å². The number of carboxylic acids is 1. The molecule has 1 heterocycles. The molecule has 2 rings (SSSR count). The number of carbonyl (C=O) groups is 2. The van der Waals surface area contributed by atoms with Crippen LogP contribution in [-0.4, -0.2) is 41.1 Å². The van der Waals surface area contributed by atoms with Crippen LogP contribution in [0.1, 0.15) is 38.5 Å². The number of carboxylic acid groups (broad SMARTS) is 1. The molecular weight excluding hydrogens is 275 g/mol. The van der Waals surface area contributed by atoms with E-state index >= 15 is 0 Å². The van der Waals surface area contributed by atoms with E-state index in [9.17, 15) is 22.8 Å². The molecule has 1 N–H and O–H groups in total. The summed E-state index contributed by atoms with van der Waals surface area (Å²) in [5.74, 6) is -2.64. The summed E-state index contributed by atoms with van der Waals surface area (Å²) in [6, 6.07) is 0. The first-order valence-corrected chi connectivity index (χ1v) is 6.82. The second-order valence-electron chi connectivity index (χ2n) is 5.81.